The van der Waals surface area contributed by atoms with E-state index in [4.69, 9.17) is 0 Å². The van der Waals surface area contributed by atoms with Crippen molar-refractivity contribution in [3.63, 3.8) is 0 Å². The highest BCUT2D eigenvalue weighted by atomic mass is 16.3. The summed E-state index contributed by atoms with van der Waals surface area (Å²) in [4.78, 5) is 15.8. The van der Waals surface area contributed by atoms with Gasteiger partial charge < -0.3 is 20.2 Å². The maximum absolute atomic E-state index is 11.6. The molecule has 5 nitrogen and oxygen atoms in total. The number of nitrogens with one attached hydrogen (secondary N) is 1. The third-order valence-electron chi connectivity index (χ3n) is 4.26. The minimum absolute atomic E-state index is 0.0658. The van der Waals surface area contributed by atoms with E-state index in [0.717, 1.165) is 43.9 Å². The van der Waals surface area contributed by atoms with Crippen LogP contribution in [0.3, 0.4) is 0 Å². The van der Waals surface area contributed by atoms with Crippen LogP contribution < -0.4 is 10.2 Å². The first-order valence-corrected chi connectivity index (χ1v) is 7.26. The molecule has 3 rings (SSSR count). The van der Waals surface area contributed by atoms with Crippen LogP contribution in [-0.4, -0.2) is 48.3 Å². The van der Waals surface area contributed by atoms with Gasteiger partial charge in [0, 0.05) is 31.9 Å². The first-order chi connectivity index (χ1) is 9.69. The van der Waals surface area contributed by atoms with Crippen LogP contribution in [0, 0.1) is 0 Å². The summed E-state index contributed by atoms with van der Waals surface area (Å²) in [7, 11) is 0. The van der Waals surface area contributed by atoms with Gasteiger partial charge in [0.05, 0.1) is 12.1 Å². The second-order valence-corrected chi connectivity index (χ2v) is 5.49. The lowest BCUT2D eigenvalue weighted by atomic mass is 10.1. The van der Waals surface area contributed by atoms with E-state index >= 15 is 0 Å². The SMILES string of the molecule is CC[C@@H](O)c1ccc(N2CCN3C(=O)NCC3C2)cc1. The Labute approximate surface area is 119 Å². The van der Waals surface area contributed by atoms with Crippen molar-refractivity contribution >= 4 is 11.7 Å². The Morgan fingerprint density at radius 3 is 2.80 bits per heavy atom. The number of anilines is 1. The number of fused-ring (bicyclic) bond motifs is 1. The van der Waals surface area contributed by atoms with Crippen LogP contribution >= 0.6 is 0 Å². The van der Waals surface area contributed by atoms with Gasteiger partial charge in [-0.2, -0.15) is 0 Å². The molecule has 2 saturated heterocycles. The van der Waals surface area contributed by atoms with Crippen LogP contribution in [0.25, 0.3) is 0 Å². The molecule has 0 spiro atoms. The molecule has 1 unspecified atom stereocenters. The summed E-state index contributed by atoms with van der Waals surface area (Å²) in [6.45, 7) is 5.22. The summed E-state index contributed by atoms with van der Waals surface area (Å²) < 4.78 is 0. The number of aliphatic hydroxyl groups is 1. The highest BCUT2D eigenvalue weighted by Gasteiger charge is 2.35. The summed E-state index contributed by atoms with van der Waals surface area (Å²) >= 11 is 0. The smallest absolute Gasteiger partial charge is 0.317 e. The van der Waals surface area contributed by atoms with Gasteiger partial charge in [0.25, 0.3) is 0 Å². The largest absolute Gasteiger partial charge is 0.388 e. The van der Waals surface area contributed by atoms with Gasteiger partial charge in [-0.15, -0.1) is 0 Å². The van der Waals surface area contributed by atoms with Gasteiger partial charge >= 0.3 is 6.03 Å². The zero-order chi connectivity index (χ0) is 14.1. The van der Waals surface area contributed by atoms with E-state index in [2.05, 4.69) is 22.3 Å². The van der Waals surface area contributed by atoms with Crippen LogP contribution in [-0.2, 0) is 0 Å². The second-order valence-electron chi connectivity index (χ2n) is 5.49. The average molecular weight is 275 g/mol. The van der Waals surface area contributed by atoms with Crippen molar-refractivity contribution in [2.75, 3.05) is 31.1 Å². The van der Waals surface area contributed by atoms with Crippen molar-refractivity contribution in [3.05, 3.63) is 29.8 Å². The van der Waals surface area contributed by atoms with Crippen molar-refractivity contribution in [2.24, 2.45) is 0 Å². The minimum atomic E-state index is -0.377. The van der Waals surface area contributed by atoms with Crippen molar-refractivity contribution in [3.8, 4) is 0 Å². The lowest BCUT2D eigenvalue weighted by Gasteiger charge is -2.37. The molecule has 2 aliphatic rings. The van der Waals surface area contributed by atoms with Crippen LogP contribution in [0.2, 0.25) is 0 Å². The van der Waals surface area contributed by atoms with Crippen LogP contribution in [0.5, 0.6) is 0 Å². The number of aliphatic hydroxyl groups excluding tert-OH is 1. The summed E-state index contributed by atoms with van der Waals surface area (Å²) in [5.74, 6) is 0. The number of piperazine rings is 1. The Morgan fingerprint density at radius 2 is 2.10 bits per heavy atom. The normalized spacial score (nSPS) is 23.5. The molecule has 0 aliphatic carbocycles. The third kappa shape index (κ3) is 2.33. The Bertz CT molecular complexity index is 488. The van der Waals surface area contributed by atoms with Crippen molar-refractivity contribution in [1.82, 2.24) is 10.2 Å². The summed E-state index contributed by atoms with van der Waals surface area (Å²) in [5.41, 5.74) is 2.13. The standard InChI is InChI=1S/C15H21N3O2/c1-2-14(19)11-3-5-12(6-4-11)17-7-8-18-13(10-17)9-16-15(18)20/h3-6,13-14,19H,2,7-10H2,1H3,(H,16,20)/t13?,14-/m1/s1. The summed E-state index contributed by atoms with van der Waals surface area (Å²) in [6, 6.07) is 8.46. The molecule has 0 aromatic heterocycles. The lowest BCUT2D eigenvalue weighted by Crippen LogP contribution is -2.52. The molecule has 5 heteroatoms. The molecule has 1 aromatic rings. The molecule has 2 N–H and O–H groups in total. The van der Waals surface area contributed by atoms with E-state index in [0.29, 0.717) is 0 Å². The third-order valence-corrected chi connectivity index (χ3v) is 4.26. The molecule has 2 amide bonds. The number of carbonyl (C=O) groups excluding carboxylic acids is 1. The zero-order valence-corrected chi connectivity index (χ0v) is 11.7. The fourth-order valence-electron chi connectivity index (χ4n) is 2.98. The fourth-order valence-corrected chi connectivity index (χ4v) is 2.98. The van der Waals surface area contributed by atoms with Crippen LogP contribution in [0.4, 0.5) is 10.5 Å². The van der Waals surface area contributed by atoms with Gasteiger partial charge in [0.15, 0.2) is 0 Å². The molecular weight excluding hydrogens is 254 g/mol. The molecule has 1 aromatic carbocycles. The second kappa shape index (κ2) is 5.32. The van der Waals surface area contributed by atoms with Gasteiger partial charge in [-0.1, -0.05) is 19.1 Å². The molecule has 2 fully saturated rings. The van der Waals surface area contributed by atoms with Gasteiger partial charge in [-0.25, -0.2) is 4.79 Å². The molecule has 2 heterocycles. The summed E-state index contributed by atoms with van der Waals surface area (Å²) in [6.07, 6.45) is 0.353. The Balaban J connectivity index is 1.69. The minimum Gasteiger partial charge on any atom is -0.388 e. The van der Waals surface area contributed by atoms with Crippen LogP contribution in [0.15, 0.2) is 24.3 Å². The Morgan fingerprint density at radius 1 is 1.35 bits per heavy atom. The molecule has 2 atom stereocenters. The first kappa shape index (κ1) is 13.2. The maximum Gasteiger partial charge on any atom is 0.317 e. The first-order valence-electron chi connectivity index (χ1n) is 7.26. The lowest BCUT2D eigenvalue weighted by molar-refractivity contribution is 0.173. The Kier molecular flexibility index (Phi) is 3.53. The number of urea groups is 1. The van der Waals surface area contributed by atoms with Gasteiger partial charge in [-0.05, 0) is 24.1 Å². The number of benzene rings is 1. The Hall–Kier alpha value is -1.75. The number of carbonyl (C=O) groups is 1. The predicted molar refractivity (Wildman–Crippen MR) is 77.8 cm³/mol. The number of amides is 2. The van der Waals surface area contributed by atoms with E-state index in [9.17, 15) is 9.90 Å². The topological polar surface area (TPSA) is 55.8 Å². The van der Waals surface area contributed by atoms with Gasteiger partial charge in [0.2, 0.25) is 0 Å². The average Bonchev–Trinajstić information content (AvgIpc) is 2.87. The molecule has 0 bridgehead atoms. The number of rotatable bonds is 3. The molecule has 2 aliphatic heterocycles. The quantitative estimate of drug-likeness (QED) is 0.875. The van der Waals surface area contributed by atoms with E-state index in [1.807, 2.05) is 24.0 Å². The monoisotopic (exact) mass is 275 g/mol. The highest BCUT2D eigenvalue weighted by Crippen LogP contribution is 2.24. The zero-order valence-electron chi connectivity index (χ0n) is 11.7. The maximum atomic E-state index is 11.6. The van der Waals surface area contributed by atoms with E-state index in [-0.39, 0.29) is 18.2 Å². The van der Waals surface area contributed by atoms with Crippen LogP contribution in [0.1, 0.15) is 25.0 Å². The van der Waals surface area contributed by atoms with E-state index < -0.39 is 0 Å². The fraction of sp³-hybridized carbons (Fsp3) is 0.533. The summed E-state index contributed by atoms with van der Waals surface area (Å²) in [5, 5.41) is 12.7. The molecule has 20 heavy (non-hydrogen) atoms. The highest BCUT2D eigenvalue weighted by molar-refractivity contribution is 5.77. The molecule has 108 valence electrons. The van der Waals surface area contributed by atoms with E-state index in [1.54, 1.807) is 0 Å². The predicted octanol–water partition coefficient (Wildman–Crippen LogP) is 1.34. The van der Waals surface area contributed by atoms with Crippen molar-refractivity contribution < 1.29 is 9.90 Å². The molecular formula is C15H21N3O2. The molecule has 0 radical (unpaired) electrons. The van der Waals surface area contributed by atoms with E-state index in [1.165, 1.54) is 0 Å². The number of hydrogen-bond donors (Lipinski definition) is 2. The number of nitrogens with zero attached hydrogens (tertiary/aromatic N) is 2. The molecule has 0 saturated carbocycles. The van der Waals surface area contributed by atoms with Gasteiger partial charge in [-0.3, -0.25) is 0 Å². The van der Waals surface area contributed by atoms with Crippen molar-refractivity contribution in [1.29, 1.82) is 0 Å². The van der Waals surface area contributed by atoms with Crippen molar-refractivity contribution in [2.45, 2.75) is 25.5 Å². The van der Waals surface area contributed by atoms with Gasteiger partial charge in [0.1, 0.15) is 0 Å². The number of hydrogen-bond acceptors (Lipinski definition) is 3.